The van der Waals surface area contributed by atoms with Gasteiger partial charge in [0, 0.05) is 10.6 Å². The summed E-state index contributed by atoms with van der Waals surface area (Å²) in [6, 6.07) is 18.8. The highest BCUT2D eigenvalue weighted by atomic mass is 35.5. The molecule has 162 valence electrons. The lowest BCUT2D eigenvalue weighted by atomic mass is 10.1. The highest BCUT2D eigenvalue weighted by Crippen LogP contribution is 2.32. The van der Waals surface area contributed by atoms with E-state index in [0.717, 1.165) is 5.56 Å². The van der Waals surface area contributed by atoms with E-state index < -0.39 is 17.5 Å². The molecule has 0 saturated heterocycles. The zero-order valence-corrected chi connectivity index (χ0v) is 18.7. The van der Waals surface area contributed by atoms with E-state index in [9.17, 15) is 9.59 Å². The summed E-state index contributed by atoms with van der Waals surface area (Å²) < 4.78 is 17.2. The number of aryl methyl sites for hydroxylation is 1. The topological polar surface area (TPSA) is 65.7 Å². The number of carbonyl (C=O) groups excluding carboxylic acids is 1. The molecule has 0 fully saturated rings. The summed E-state index contributed by atoms with van der Waals surface area (Å²) in [5.41, 5.74) is 1.50. The first-order valence-corrected chi connectivity index (χ1v) is 10.6. The second kappa shape index (κ2) is 9.07. The van der Waals surface area contributed by atoms with Crippen molar-refractivity contribution in [3.05, 3.63) is 92.6 Å². The summed E-state index contributed by atoms with van der Waals surface area (Å²) in [7, 11) is 0. The summed E-state index contributed by atoms with van der Waals surface area (Å²) >= 11 is 12.0. The van der Waals surface area contributed by atoms with Crippen LogP contribution in [-0.4, -0.2) is 12.1 Å². The molecule has 1 atom stereocenters. The van der Waals surface area contributed by atoms with Crippen LogP contribution < -0.4 is 14.9 Å². The van der Waals surface area contributed by atoms with Gasteiger partial charge in [0.25, 0.3) is 0 Å². The number of hydrogen-bond donors (Lipinski definition) is 0. The molecule has 0 N–H and O–H groups in total. The highest BCUT2D eigenvalue weighted by molar-refractivity contribution is 6.35. The molecule has 1 aromatic heterocycles. The fraction of sp³-hybridized carbons (Fsp3) is 0.120. The number of hydrogen-bond acceptors (Lipinski definition) is 5. The van der Waals surface area contributed by atoms with Gasteiger partial charge in [0.15, 0.2) is 11.9 Å². The summed E-state index contributed by atoms with van der Waals surface area (Å²) in [4.78, 5) is 26.1. The molecule has 4 rings (SSSR count). The van der Waals surface area contributed by atoms with E-state index in [0.29, 0.717) is 21.6 Å². The third-order valence-corrected chi connectivity index (χ3v) is 5.30. The van der Waals surface area contributed by atoms with Crippen LogP contribution in [0.3, 0.4) is 0 Å². The fourth-order valence-electron chi connectivity index (χ4n) is 3.15. The van der Waals surface area contributed by atoms with E-state index in [1.165, 1.54) is 13.0 Å². The van der Waals surface area contributed by atoms with Crippen LogP contribution in [-0.2, 0) is 4.79 Å². The molecule has 5 nitrogen and oxygen atoms in total. The summed E-state index contributed by atoms with van der Waals surface area (Å²) in [6.07, 6.45) is -1.05. The Hall–Kier alpha value is -3.28. The number of halogens is 2. The smallest absolute Gasteiger partial charge is 0.352 e. The van der Waals surface area contributed by atoms with Crippen molar-refractivity contribution in [2.75, 3.05) is 0 Å². The molecule has 1 unspecified atom stereocenters. The maximum absolute atomic E-state index is 13.2. The molecule has 4 aromatic rings. The van der Waals surface area contributed by atoms with Crippen molar-refractivity contribution in [3.8, 4) is 22.8 Å². The van der Waals surface area contributed by atoms with Gasteiger partial charge in [0.2, 0.25) is 11.2 Å². The Morgan fingerprint density at radius 1 is 1.00 bits per heavy atom. The molecule has 0 aliphatic rings. The second-order valence-electron chi connectivity index (χ2n) is 7.21. The standard InChI is InChI=1S/C25H18Cl2O5/c1-14-8-10-18-21(12-14)31-23(16-6-4-3-5-7-16)24(22(18)28)32-25(29)15(2)30-20-11-9-17(26)13-19(20)27/h3-13,15H,1-2H3. The minimum absolute atomic E-state index is 0.166. The maximum Gasteiger partial charge on any atom is 0.352 e. The van der Waals surface area contributed by atoms with Gasteiger partial charge in [-0.05, 0) is 49.7 Å². The minimum atomic E-state index is -1.05. The molecular formula is C25H18Cl2O5. The Morgan fingerprint density at radius 3 is 2.47 bits per heavy atom. The fourth-order valence-corrected chi connectivity index (χ4v) is 3.60. The van der Waals surface area contributed by atoms with Crippen molar-refractivity contribution < 1.29 is 18.7 Å². The first-order chi connectivity index (χ1) is 15.3. The number of fused-ring (bicyclic) bond motifs is 1. The number of rotatable bonds is 5. The number of ether oxygens (including phenoxy) is 2. The van der Waals surface area contributed by atoms with Gasteiger partial charge in [0.05, 0.1) is 10.4 Å². The molecule has 3 aromatic carbocycles. The molecule has 0 aliphatic heterocycles. The Kier molecular flexibility index (Phi) is 6.21. The van der Waals surface area contributed by atoms with Gasteiger partial charge in [0.1, 0.15) is 11.3 Å². The Morgan fingerprint density at radius 2 is 1.75 bits per heavy atom. The van der Waals surface area contributed by atoms with Gasteiger partial charge in [-0.2, -0.15) is 0 Å². The molecule has 1 heterocycles. The van der Waals surface area contributed by atoms with Crippen LogP contribution in [0.2, 0.25) is 10.0 Å². The molecule has 7 heteroatoms. The van der Waals surface area contributed by atoms with E-state index in [1.54, 1.807) is 54.6 Å². The summed E-state index contributed by atoms with van der Waals surface area (Å²) in [6.45, 7) is 3.40. The predicted molar refractivity (Wildman–Crippen MR) is 125 cm³/mol. The molecule has 0 saturated carbocycles. The second-order valence-corrected chi connectivity index (χ2v) is 8.05. The lowest BCUT2D eigenvalue weighted by molar-refractivity contribution is -0.141. The van der Waals surface area contributed by atoms with Crippen LogP contribution in [0.1, 0.15) is 12.5 Å². The number of carbonyl (C=O) groups is 1. The molecular weight excluding hydrogens is 451 g/mol. The Bertz CT molecular complexity index is 1360. The summed E-state index contributed by atoms with van der Waals surface area (Å²) in [5, 5.41) is 1.00. The van der Waals surface area contributed by atoms with E-state index in [2.05, 4.69) is 0 Å². The van der Waals surface area contributed by atoms with Crippen molar-refractivity contribution in [1.29, 1.82) is 0 Å². The Balaban J connectivity index is 1.72. The summed E-state index contributed by atoms with van der Waals surface area (Å²) in [5.74, 6) is -0.536. The maximum atomic E-state index is 13.2. The van der Waals surface area contributed by atoms with Crippen LogP contribution in [0.4, 0.5) is 0 Å². The van der Waals surface area contributed by atoms with Crippen LogP contribution in [0.15, 0.2) is 75.9 Å². The zero-order valence-electron chi connectivity index (χ0n) is 17.2. The van der Waals surface area contributed by atoms with Gasteiger partial charge in [-0.3, -0.25) is 4.79 Å². The lowest BCUT2D eigenvalue weighted by Gasteiger charge is -2.16. The van der Waals surface area contributed by atoms with Crippen molar-refractivity contribution in [3.63, 3.8) is 0 Å². The highest BCUT2D eigenvalue weighted by Gasteiger charge is 2.25. The van der Waals surface area contributed by atoms with Gasteiger partial charge in [-0.25, -0.2) is 4.79 Å². The van der Waals surface area contributed by atoms with Crippen molar-refractivity contribution in [1.82, 2.24) is 0 Å². The Labute approximate surface area is 194 Å². The number of benzene rings is 3. The third kappa shape index (κ3) is 4.49. The molecule has 32 heavy (non-hydrogen) atoms. The SMILES string of the molecule is Cc1ccc2c(=O)c(OC(=O)C(C)Oc3ccc(Cl)cc3Cl)c(-c3ccccc3)oc2c1. The first-order valence-electron chi connectivity index (χ1n) is 9.80. The van der Waals surface area contributed by atoms with Gasteiger partial charge >= 0.3 is 5.97 Å². The van der Waals surface area contributed by atoms with Crippen molar-refractivity contribution in [2.24, 2.45) is 0 Å². The van der Waals surface area contributed by atoms with Crippen molar-refractivity contribution >= 4 is 40.1 Å². The largest absolute Gasteiger partial charge is 0.477 e. The minimum Gasteiger partial charge on any atom is -0.477 e. The lowest BCUT2D eigenvalue weighted by Crippen LogP contribution is -2.30. The van der Waals surface area contributed by atoms with Crippen LogP contribution in [0, 0.1) is 6.92 Å². The van der Waals surface area contributed by atoms with Gasteiger partial charge < -0.3 is 13.9 Å². The van der Waals surface area contributed by atoms with E-state index >= 15 is 0 Å². The molecule has 0 spiro atoms. The zero-order chi connectivity index (χ0) is 22.8. The van der Waals surface area contributed by atoms with Crippen molar-refractivity contribution in [2.45, 2.75) is 20.0 Å². The van der Waals surface area contributed by atoms with E-state index in [-0.39, 0.29) is 22.3 Å². The third-order valence-electron chi connectivity index (χ3n) is 4.77. The number of esters is 1. The predicted octanol–water partition coefficient (Wildman–Crippen LogP) is 6.45. The van der Waals surface area contributed by atoms with E-state index in [1.807, 2.05) is 13.0 Å². The van der Waals surface area contributed by atoms with Gasteiger partial charge in [-0.1, -0.05) is 59.6 Å². The van der Waals surface area contributed by atoms with Crippen LogP contribution in [0.25, 0.3) is 22.3 Å². The quantitative estimate of drug-likeness (QED) is 0.315. The molecule has 0 radical (unpaired) electrons. The van der Waals surface area contributed by atoms with Gasteiger partial charge in [-0.15, -0.1) is 0 Å². The first kappa shape index (κ1) is 21.9. The van der Waals surface area contributed by atoms with Crippen LogP contribution in [0.5, 0.6) is 11.5 Å². The monoisotopic (exact) mass is 468 g/mol. The molecule has 0 aliphatic carbocycles. The molecule has 0 amide bonds. The average Bonchev–Trinajstić information content (AvgIpc) is 2.77. The normalized spacial score (nSPS) is 11.9. The van der Waals surface area contributed by atoms with E-state index in [4.69, 9.17) is 37.1 Å². The van der Waals surface area contributed by atoms with Crippen LogP contribution >= 0.6 is 23.2 Å². The molecule has 0 bridgehead atoms. The average molecular weight is 469 g/mol.